The number of esters is 1. The van der Waals surface area contributed by atoms with Gasteiger partial charge in [-0.25, -0.2) is 9.78 Å². The Bertz CT molecular complexity index is 2110. The van der Waals surface area contributed by atoms with Crippen LogP contribution in [0.5, 0.6) is 0 Å². The molecule has 300 valence electrons. The van der Waals surface area contributed by atoms with E-state index < -0.39 is 18.1 Å². The van der Waals surface area contributed by atoms with E-state index in [2.05, 4.69) is 51.1 Å². The van der Waals surface area contributed by atoms with E-state index in [9.17, 15) is 19.2 Å². The van der Waals surface area contributed by atoms with Gasteiger partial charge in [-0.2, -0.15) is 0 Å². The third-order valence-corrected chi connectivity index (χ3v) is 12.5. The van der Waals surface area contributed by atoms with Crippen LogP contribution in [0.1, 0.15) is 137 Å². The largest absolute Gasteiger partial charge is 0.469 e. The number of aliphatic imine (C=N–C) groups is 1. The van der Waals surface area contributed by atoms with Crippen LogP contribution < -0.4 is 5.32 Å². The summed E-state index contributed by atoms with van der Waals surface area (Å²) in [6, 6.07) is 3.20. The number of ether oxygens (including phenoxy) is 2. The number of carbonyl (C=O) groups is 4. The van der Waals surface area contributed by atoms with Gasteiger partial charge in [-0.05, 0) is 97.8 Å². The molecule has 2 aliphatic carbocycles. The smallest absolute Gasteiger partial charge is 0.407 e. The quantitative estimate of drug-likeness (QED) is 0.231. The summed E-state index contributed by atoms with van der Waals surface area (Å²) in [5.41, 5.74) is 7.31. The number of hydrogen-bond acceptors (Lipinski definition) is 8. The van der Waals surface area contributed by atoms with Crippen molar-refractivity contribution in [1.82, 2.24) is 25.1 Å². The van der Waals surface area contributed by atoms with E-state index in [0.29, 0.717) is 42.9 Å². The highest BCUT2D eigenvalue weighted by atomic mass is 16.5. The van der Waals surface area contributed by atoms with Crippen molar-refractivity contribution in [2.24, 2.45) is 22.7 Å². The summed E-state index contributed by atoms with van der Waals surface area (Å²) in [5, 5.41) is 2.70. The summed E-state index contributed by atoms with van der Waals surface area (Å²) < 4.78 is 9.65. The second kappa shape index (κ2) is 17.0. The molecule has 5 aliphatic rings. The van der Waals surface area contributed by atoms with Crippen molar-refractivity contribution in [3.05, 3.63) is 63.9 Å². The number of aromatic amines is 1. The van der Waals surface area contributed by atoms with Crippen LogP contribution in [0.3, 0.4) is 0 Å². The van der Waals surface area contributed by atoms with Gasteiger partial charge in [0, 0.05) is 48.1 Å². The van der Waals surface area contributed by atoms with E-state index >= 15 is 0 Å². The number of likely N-dealkylation sites (tertiary alicyclic amines) is 2. The summed E-state index contributed by atoms with van der Waals surface area (Å²) >= 11 is 0. The minimum absolute atomic E-state index is 0.000454. The fraction of sp³-hybridized carbons (Fsp3) is 0.556. The van der Waals surface area contributed by atoms with Crippen LogP contribution in [-0.2, 0) is 23.9 Å². The van der Waals surface area contributed by atoms with Gasteiger partial charge in [0.25, 0.3) is 0 Å². The summed E-state index contributed by atoms with van der Waals surface area (Å²) in [6.07, 6.45) is 10.5. The molecule has 0 radical (unpaired) electrons. The molecular formula is C45H54N6O6. The van der Waals surface area contributed by atoms with E-state index in [4.69, 9.17) is 14.5 Å². The van der Waals surface area contributed by atoms with Gasteiger partial charge >= 0.3 is 12.1 Å². The number of methoxy groups -OCH3 is 2. The Kier molecular flexibility index (Phi) is 11.9. The first-order chi connectivity index (χ1) is 27.5. The standard InChI is InChI=1S/C45H54N6O6/c1-26(2)34(23-38(52)56-5)43(53)50-19-7-9-36(50)35-21-28(24-46-35)11-12-29-13-14-30(40-32-16-15-31(22-32)39(29)40)17-18-33-25-47-42(48-33)37-10-8-20-51(37)44(54)41(27(3)4)49-45(55)57-6/h13-14,24-27,31-32,34,36-37,41H,7-10,15-16,19-23H2,1-6H3,(H,47,48)(H,49,55)/t31?,32?,34-,36?,37+,41-/m0/s1. The number of aromatic nitrogens is 2. The Morgan fingerprint density at radius 3 is 2.12 bits per heavy atom. The Morgan fingerprint density at radius 2 is 1.49 bits per heavy atom. The highest BCUT2D eigenvalue weighted by Crippen LogP contribution is 2.55. The lowest BCUT2D eigenvalue weighted by Gasteiger charge is -2.30. The predicted octanol–water partition coefficient (Wildman–Crippen LogP) is 6.12. The zero-order chi connectivity index (χ0) is 40.4. The minimum atomic E-state index is -0.692. The van der Waals surface area contributed by atoms with Gasteiger partial charge in [0.15, 0.2) is 0 Å². The predicted molar refractivity (Wildman–Crippen MR) is 215 cm³/mol. The number of alkyl carbamates (subject to hydrolysis) is 1. The molecular weight excluding hydrogens is 721 g/mol. The van der Waals surface area contributed by atoms with E-state index in [0.717, 1.165) is 67.4 Å². The van der Waals surface area contributed by atoms with Crippen LogP contribution >= 0.6 is 0 Å². The first kappa shape index (κ1) is 39.9. The summed E-state index contributed by atoms with van der Waals surface area (Å²) in [6.45, 7) is 9.01. The second-order valence-corrected chi connectivity index (χ2v) is 16.7. The number of fused-ring (bicyclic) bond motifs is 5. The van der Waals surface area contributed by atoms with Gasteiger partial charge in [-0.3, -0.25) is 19.4 Å². The molecule has 2 N–H and O–H groups in total. The minimum Gasteiger partial charge on any atom is -0.469 e. The maximum atomic E-state index is 13.7. The molecule has 4 heterocycles. The molecule has 3 fully saturated rings. The number of nitrogens with one attached hydrogen (secondary N) is 2. The first-order valence-electron chi connectivity index (χ1n) is 20.5. The fourth-order valence-electron chi connectivity index (χ4n) is 9.47. The van der Waals surface area contributed by atoms with Crippen molar-refractivity contribution in [3.8, 4) is 23.7 Å². The molecule has 7 rings (SSSR count). The average Bonchev–Trinajstić information content (AvgIpc) is 4.06. The van der Waals surface area contributed by atoms with Crippen molar-refractivity contribution in [1.29, 1.82) is 0 Å². The van der Waals surface area contributed by atoms with E-state index in [1.54, 1.807) is 11.1 Å². The maximum Gasteiger partial charge on any atom is 0.407 e. The molecule has 12 heteroatoms. The van der Waals surface area contributed by atoms with Gasteiger partial charge in [-0.15, -0.1) is 0 Å². The van der Waals surface area contributed by atoms with Crippen LogP contribution in [-0.4, -0.2) is 88.7 Å². The van der Waals surface area contributed by atoms with E-state index in [1.807, 2.05) is 38.8 Å². The second-order valence-electron chi connectivity index (χ2n) is 16.7. The Balaban J connectivity index is 1.04. The monoisotopic (exact) mass is 774 g/mol. The molecule has 3 unspecified atom stereocenters. The van der Waals surface area contributed by atoms with Crippen molar-refractivity contribution in [2.75, 3.05) is 27.3 Å². The number of nitrogens with zero attached hydrogens (tertiary/aromatic N) is 4. The highest BCUT2D eigenvalue weighted by Gasteiger charge is 2.41. The molecule has 1 saturated carbocycles. The Morgan fingerprint density at radius 1 is 0.842 bits per heavy atom. The number of amides is 3. The van der Waals surface area contributed by atoms with Crippen LogP contribution in [0.4, 0.5) is 4.79 Å². The molecule has 2 aromatic rings. The van der Waals surface area contributed by atoms with Gasteiger partial charge in [-0.1, -0.05) is 45.5 Å². The van der Waals surface area contributed by atoms with Crippen LogP contribution in [0.25, 0.3) is 0 Å². The van der Waals surface area contributed by atoms with E-state index in [-0.39, 0.29) is 48.1 Å². The van der Waals surface area contributed by atoms with Gasteiger partial charge in [0.1, 0.15) is 17.6 Å². The lowest BCUT2D eigenvalue weighted by molar-refractivity contribution is -0.148. The molecule has 1 aromatic carbocycles. The molecule has 1 aromatic heterocycles. The van der Waals surface area contributed by atoms with Crippen LogP contribution in [0.2, 0.25) is 0 Å². The fourth-order valence-corrected chi connectivity index (χ4v) is 9.47. The zero-order valence-corrected chi connectivity index (χ0v) is 33.9. The molecule has 3 aliphatic heterocycles. The molecule has 2 saturated heterocycles. The summed E-state index contributed by atoms with van der Waals surface area (Å²) in [4.78, 5) is 67.8. The van der Waals surface area contributed by atoms with Crippen LogP contribution in [0.15, 0.2) is 35.1 Å². The lowest BCUT2D eigenvalue weighted by Crippen LogP contribution is -2.51. The number of H-pyrrole nitrogens is 1. The lowest BCUT2D eigenvalue weighted by atomic mass is 9.85. The SMILES string of the molecule is COC(=O)C[C@H](C(=O)N1CCCC1C1=NC=C(C#Cc2ccc(C#Cc3cnc([C@H]4CCCN4C(=O)[C@@H](NC(=O)OC)C(C)C)[nH]3)c3c2C2CCC3C2)C1)C(C)C. The number of allylic oxidation sites excluding steroid dienone is 1. The van der Waals surface area contributed by atoms with Crippen LogP contribution in [0, 0.1) is 41.4 Å². The van der Waals surface area contributed by atoms with Crippen molar-refractivity contribution < 1.29 is 28.7 Å². The number of benzene rings is 1. The third kappa shape index (κ3) is 8.23. The van der Waals surface area contributed by atoms with Gasteiger partial charge in [0.2, 0.25) is 11.8 Å². The maximum absolute atomic E-state index is 13.7. The summed E-state index contributed by atoms with van der Waals surface area (Å²) in [5.74, 6) is 14.3. The molecule has 12 nitrogen and oxygen atoms in total. The van der Waals surface area contributed by atoms with Crippen molar-refractivity contribution in [2.45, 2.75) is 115 Å². The van der Waals surface area contributed by atoms with Gasteiger partial charge < -0.3 is 29.6 Å². The number of hydrogen-bond donors (Lipinski definition) is 2. The number of carbonyl (C=O) groups excluding carboxylic acids is 4. The van der Waals surface area contributed by atoms with Crippen molar-refractivity contribution in [3.63, 3.8) is 0 Å². The highest BCUT2D eigenvalue weighted by molar-refractivity contribution is 5.98. The normalized spacial score (nSPS) is 22.9. The number of rotatable bonds is 9. The molecule has 0 spiro atoms. The Hall–Kier alpha value is -5.36. The molecule has 57 heavy (non-hydrogen) atoms. The topological polar surface area (TPSA) is 146 Å². The molecule has 6 atom stereocenters. The van der Waals surface area contributed by atoms with Crippen molar-refractivity contribution >= 4 is 29.6 Å². The zero-order valence-electron chi connectivity index (χ0n) is 33.9. The number of imidazole rings is 1. The molecule has 3 amide bonds. The summed E-state index contributed by atoms with van der Waals surface area (Å²) in [7, 11) is 2.65. The van der Waals surface area contributed by atoms with E-state index in [1.165, 1.54) is 25.3 Å². The third-order valence-electron chi connectivity index (χ3n) is 12.5. The average molecular weight is 775 g/mol. The first-order valence-corrected chi connectivity index (χ1v) is 20.5. The van der Waals surface area contributed by atoms with Gasteiger partial charge in [0.05, 0.1) is 44.8 Å². The molecule has 2 bridgehead atoms. The Labute approximate surface area is 335 Å².